The van der Waals surface area contributed by atoms with Gasteiger partial charge >= 0.3 is 0 Å². The van der Waals surface area contributed by atoms with E-state index in [2.05, 4.69) is 41.5 Å². The molecule has 96 valence electrons. The average Bonchev–Trinajstić information content (AvgIpc) is 2.44. The van der Waals surface area contributed by atoms with Crippen LogP contribution in [0.3, 0.4) is 0 Å². The second-order valence-corrected chi connectivity index (χ2v) is 5.23. The number of hydrogen-bond donors (Lipinski definition) is 0. The Morgan fingerprint density at radius 2 is 1.84 bits per heavy atom. The highest BCUT2D eigenvalue weighted by Gasteiger charge is 2.21. The molecule has 0 radical (unpaired) electrons. The Balaban J connectivity index is 1.91. The first kappa shape index (κ1) is 12.2. The van der Waals surface area contributed by atoms with Crippen molar-refractivity contribution in [3.05, 3.63) is 70.2 Å². The lowest BCUT2D eigenvalue weighted by atomic mass is 9.94. The molecule has 2 aromatic rings. The summed E-state index contributed by atoms with van der Waals surface area (Å²) in [6.45, 7) is 0. The topological polar surface area (TPSA) is 15.6 Å². The van der Waals surface area contributed by atoms with Crippen LogP contribution in [-0.4, -0.2) is 18.3 Å². The average molecular weight is 271 g/mol. The van der Waals surface area contributed by atoms with Crippen LogP contribution in [0.4, 0.5) is 0 Å². The van der Waals surface area contributed by atoms with Crippen molar-refractivity contribution >= 4 is 17.8 Å². The first-order valence-corrected chi connectivity index (χ1v) is 6.72. The van der Waals surface area contributed by atoms with Crippen LogP contribution in [0.1, 0.15) is 22.7 Å². The highest BCUT2D eigenvalue weighted by atomic mass is 35.5. The van der Waals surface area contributed by atoms with Gasteiger partial charge in [-0.05, 0) is 35.2 Å². The molecule has 1 aliphatic heterocycles. The fourth-order valence-electron chi connectivity index (χ4n) is 2.45. The molecule has 0 saturated heterocycles. The molecule has 1 atom stereocenters. The number of nitrogens with zero attached hydrogens (tertiary/aromatic N) is 2. The normalized spacial score (nSPS) is 17.4. The molecule has 0 N–H and O–H groups in total. The first-order chi connectivity index (χ1) is 9.24. The molecule has 0 spiro atoms. The molecular weight excluding hydrogens is 256 g/mol. The van der Waals surface area contributed by atoms with Crippen LogP contribution in [0.15, 0.2) is 53.6 Å². The third-order valence-electron chi connectivity index (χ3n) is 3.53. The minimum atomic E-state index is 0.280. The lowest BCUT2D eigenvalue weighted by molar-refractivity contribution is 0.251. The van der Waals surface area contributed by atoms with E-state index in [1.165, 1.54) is 16.7 Å². The van der Waals surface area contributed by atoms with Crippen LogP contribution in [0, 0.1) is 0 Å². The van der Waals surface area contributed by atoms with Crippen molar-refractivity contribution in [1.29, 1.82) is 0 Å². The van der Waals surface area contributed by atoms with E-state index in [9.17, 15) is 0 Å². The van der Waals surface area contributed by atoms with Gasteiger partial charge in [-0.1, -0.05) is 48.0 Å². The number of rotatable bonds is 2. The van der Waals surface area contributed by atoms with Gasteiger partial charge in [-0.3, -0.25) is 5.01 Å². The monoisotopic (exact) mass is 270 g/mol. The van der Waals surface area contributed by atoms with Gasteiger partial charge in [-0.25, -0.2) is 0 Å². The zero-order valence-electron chi connectivity index (χ0n) is 10.8. The summed E-state index contributed by atoms with van der Waals surface area (Å²) in [7, 11) is 2.02. The fraction of sp³-hybridized carbons (Fsp3) is 0.188. The molecule has 19 heavy (non-hydrogen) atoms. The third kappa shape index (κ3) is 2.49. The molecule has 2 aromatic carbocycles. The van der Waals surface area contributed by atoms with Gasteiger partial charge in [-0.15, -0.1) is 0 Å². The summed E-state index contributed by atoms with van der Waals surface area (Å²) in [5.41, 5.74) is 3.81. The van der Waals surface area contributed by atoms with Gasteiger partial charge in [-0.2, -0.15) is 5.10 Å². The number of fused-ring (bicyclic) bond motifs is 1. The third-order valence-corrected chi connectivity index (χ3v) is 3.78. The quantitative estimate of drug-likeness (QED) is 0.808. The van der Waals surface area contributed by atoms with Crippen molar-refractivity contribution in [2.24, 2.45) is 5.10 Å². The van der Waals surface area contributed by atoms with Crippen LogP contribution in [-0.2, 0) is 6.42 Å². The maximum Gasteiger partial charge on any atom is 0.0763 e. The summed E-state index contributed by atoms with van der Waals surface area (Å²) in [6.07, 6.45) is 2.86. The summed E-state index contributed by atoms with van der Waals surface area (Å²) in [6, 6.07) is 16.7. The maximum atomic E-state index is 5.93. The lowest BCUT2D eigenvalue weighted by Crippen LogP contribution is -2.26. The smallest absolute Gasteiger partial charge is 0.0763 e. The van der Waals surface area contributed by atoms with Gasteiger partial charge in [0.1, 0.15) is 0 Å². The maximum absolute atomic E-state index is 5.93. The van der Waals surface area contributed by atoms with Gasteiger partial charge in [0.15, 0.2) is 0 Å². The van der Waals surface area contributed by atoms with Crippen molar-refractivity contribution in [1.82, 2.24) is 5.01 Å². The van der Waals surface area contributed by atoms with Crippen LogP contribution in [0.5, 0.6) is 0 Å². The van der Waals surface area contributed by atoms with Crippen molar-refractivity contribution in [3.8, 4) is 0 Å². The standard InChI is InChI=1S/C16H15ClN2/c1-19-16(10-12-6-8-14(17)9-7-12)15-5-3-2-4-13(15)11-18-19/h2-9,11,16H,10H2,1H3. The molecule has 0 aromatic heterocycles. The molecule has 0 bridgehead atoms. The lowest BCUT2D eigenvalue weighted by Gasteiger charge is -2.30. The Kier molecular flexibility index (Phi) is 3.26. The van der Waals surface area contributed by atoms with Crippen LogP contribution in [0.25, 0.3) is 0 Å². The van der Waals surface area contributed by atoms with Crippen molar-refractivity contribution in [2.45, 2.75) is 12.5 Å². The van der Waals surface area contributed by atoms with Crippen molar-refractivity contribution < 1.29 is 0 Å². The minimum absolute atomic E-state index is 0.280. The second kappa shape index (κ2) is 5.06. The fourth-order valence-corrected chi connectivity index (χ4v) is 2.58. The highest BCUT2D eigenvalue weighted by Crippen LogP contribution is 2.29. The van der Waals surface area contributed by atoms with Crippen LogP contribution in [0.2, 0.25) is 5.02 Å². The van der Waals surface area contributed by atoms with E-state index in [1.807, 2.05) is 30.4 Å². The second-order valence-electron chi connectivity index (χ2n) is 4.79. The van der Waals surface area contributed by atoms with E-state index in [4.69, 9.17) is 11.6 Å². The minimum Gasteiger partial charge on any atom is -0.292 e. The molecule has 1 heterocycles. The largest absolute Gasteiger partial charge is 0.292 e. The molecule has 1 aliphatic rings. The molecule has 0 aliphatic carbocycles. The zero-order valence-corrected chi connectivity index (χ0v) is 11.5. The molecule has 0 amide bonds. The van der Waals surface area contributed by atoms with Gasteiger partial charge in [0.05, 0.1) is 12.3 Å². The number of halogens is 1. The van der Waals surface area contributed by atoms with E-state index in [-0.39, 0.29) is 6.04 Å². The predicted octanol–water partition coefficient (Wildman–Crippen LogP) is 3.90. The molecule has 1 unspecified atom stereocenters. The number of hydrogen-bond acceptors (Lipinski definition) is 2. The Morgan fingerprint density at radius 1 is 1.11 bits per heavy atom. The summed E-state index contributed by atoms with van der Waals surface area (Å²) in [4.78, 5) is 0. The SMILES string of the molecule is CN1N=Cc2ccccc2C1Cc1ccc(Cl)cc1. The van der Waals surface area contributed by atoms with Gasteiger partial charge in [0, 0.05) is 12.1 Å². The number of benzene rings is 2. The summed E-state index contributed by atoms with van der Waals surface area (Å²) in [5.74, 6) is 0. The summed E-state index contributed by atoms with van der Waals surface area (Å²) < 4.78 is 0. The zero-order chi connectivity index (χ0) is 13.2. The Bertz CT molecular complexity index is 604. The molecular formula is C16H15ClN2. The molecule has 0 saturated carbocycles. The molecule has 3 rings (SSSR count). The van der Waals surface area contributed by atoms with Crippen molar-refractivity contribution in [2.75, 3.05) is 7.05 Å². The number of likely N-dealkylation sites (N-methyl/N-ethyl adjacent to an activating group) is 1. The van der Waals surface area contributed by atoms with E-state index in [0.29, 0.717) is 0 Å². The molecule has 2 nitrogen and oxygen atoms in total. The highest BCUT2D eigenvalue weighted by molar-refractivity contribution is 6.30. The summed E-state index contributed by atoms with van der Waals surface area (Å²) in [5, 5.41) is 7.25. The Hall–Kier alpha value is -1.80. The van der Waals surface area contributed by atoms with Gasteiger partial charge < -0.3 is 0 Å². The molecule has 0 fully saturated rings. The van der Waals surface area contributed by atoms with E-state index < -0.39 is 0 Å². The predicted molar refractivity (Wildman–Crippen MR) is 79.7 cm³/mol. The summed E-state index contributed by atoms with van der Waals surface area (Å²) >= 11 is 5.93. The Morgan fingerprint density at radius 3 is 2.63 bits per heavy atom. The van der Waals surface area contributed by atoms with Crippen molar-refractivity contribution in [3.63, 3.8) is 0 Å². The van der Waals surface area contributed by atoms with E-state index >= 15 is 0 Å². The van der Waals surface area contributed by atoms with Crippen LogP contribution < -0.4 is 0 Å². The van der Waals surface area contributed by atoms with Crippen LogP contribution >= 0.6 is 11.6 Å². The van der Waals surface area contributed by atoms with E-state index in [1.54, 1.807) is 0 Å². The first-order valence-electron chi connectivity index (χ1n) is 6.34. The van der Waals surface area contributed by atoms with Gasteiger partial charge in [0.25, 0.3) is 0 Å². The number of hydrazone groups is 1. The Labute approximate surface area is 118 Å². The van der Waals surface area contributed by atoms with E-state index in [0.717, 1.165) is 11.4 Å². The molecule has 3 heteroatoms. The van der Waals surface area contributed by atoms with Gasteiger partial charge in [0.2, 0.25) is 0 Å².